The molecule has 1 unspecified atom stereocenters. The molecule has 2 heterocycles. The number of likely N-dealkylation sites (N-methyl/N-ethyl adjacent to an activating group) is 1. The molecule has 0 aliphatic carbocycles. The molecule has 9 heteroatoms. The maximum absolute atomic E-state index is 11.9. The number of carbonyl (C=O) groups is 2. The molecule has 1 aliphatic heterocycles. The van der Waals surface area contributed by atoms with Gasteiger partial charge in [-0.15, -0.1) is 0 Å². The van der Waals surface area contributed by atoms with Crippen LogP contribution in [0.1, 0.15) is 19.8 Å². The van der Waals surface area contributed by atoms with E-state index in [9.17, 15) is 9.59 Å². The highest BCUT2D eigenvalue weighted by Gasteiger charge is 2.36. The van der Waals surface area contributed by atoms with E-state index in [4.69, 9.17) is 4.74 Å². The van der Waals surface area contributed by atoms with Gasteiger partial charge in [-0.2, -0.15) is 15.0 Å². The van der Waals surface area contributed by atoms with E-state index in [1.165, 1.54) is 7.05 Å². The van der Waals surface area contributed by atoms with Crippen molar-refractivity contribution in [2.75, 3.05) is 31.3 Å². The van der Waals surface area contributed by atoms with Crippen LogP contribution < -0.4 is 15.4 Å². The molecule has 1 aliphatic rings. The van der Waals surface area contributed by atoms with Crippen molar-refractivity contribution in [1.29, 1.82) is 0 Å². The topological polar surface area (TPSA) is 109 Å². The zero-order valence-electron chi connectivity index (χ0n) is 12.2. The smallest absolute Gasteiger partial charge is 0.323 e. The first-order valence-corrected chi connectivity index (χ1v) is 6.68. The van der Waals surface area contributed by atoms with Crippen molar-refractivity contribution in [3.05, 3.63) is 0 Å². The number of likely N-dealkylation sites (tertiary alicyclic amines) is 1. The number of carbonyl (C=O) groups excluding carboxylic acids is 2. The van der Waals surface area contributed by atoms with E-state index >= 15 is 0 Å². The van der Waals surface area contributed by atoms with E-state index in [0.29, 0.717) is 12.6 Å². The average Bonchev–Trinajstić information content (AvgIpc) is 2.72. The summed E-state index contributed by atoms with van der Waals surface area (Å²) in [4.78, 5) is 36.7. The van der Waals surface area contributed by atoms with Crippen LogP contribution in [0.4, 0.5) is 11.9 Å². The van der Waals surface area contributed by atoms with Crippen molar-refractivity contribution in [2.45, 2.75) is 25.8 Å². The predicted octanol–water partition coefficient (Wildman–Crippen LogP) is -0.129. The van der Waals surface area contributed by atoms with Crippen LogP contribution in [0.3, 0.4) is 0 Å². The van der Waals surface area contributed by atoms with Gasteiger partial charge in [-0.05, 0) is 6.42 Å². The van der Waals surface area contributed by atoms with Gasteiger partial charge < -0.3 is 15.4 Å². The Hall–Kier alpha value is -2.45. The molecule has 1 aromatic rings. The highest BCUT2D eigenvalue weighted by molar-refractivity contribution is 6.06. The lowest BCUT2D eigenvalue weighted by Gasteiger charge is -2.12. The quantitative estimate of drug-likeness (QED) is 0.698. The normalized spacial score (nSPS) is 18.0. The van der Waals surface area contributed by atoms with Crippen molar-refractivity contribution in [3.8, 4) is 6.01 Å². The summed E-state index contributed by atoms with van der Waals surface area (Å²) in [5.74, 6) is -0.0177. The Morgan fingerprint density at radius 3 is 2.57 bits per heavy atom. The second kappa shape index (κ2) is 6.33. The fourth-order valence-electron chi connectivity index (χ4n) is 1.81. The summed E-state index contributed by atoms with van der Waals surface area (Å²) < 4.78 is 5.37. The highest BCUT2D eigenvalue weighted by atomic mass is 16.5. The molecule has 0 saturated carbocycles. The van der Waals surface area contributed by atoms with Crippen LogP contribution in [0.5, 0.6) is 6.01 Å². The van der Waals surface area contributed by atoms with Gasteiger partial charge in [0, 0.05) is 14.1 Å². The second-order valence-electron chi connectivity index (χ2n) is 4.56. The maximum atomic E-state index is 11.9. The van der Waals surface area contributed by atoms with Gasteiger partial charge in [-0.1, -0.05) is 6.92 Å². The Labute approximate surface area is 122 Å². The van der Waals surface area contributed by atoms with Gasteiger partial charge in [0.05, 0.1) is 13.0 Å². The number of aromatic nitrogens is 3. The molecule has 2 N–H and O–H groups in total. The molecule has 21 heavy (non-hydrogen) atoms. The summed E-state index contributed by atoms with van der Waals surface area (Å²) in [7, 11) is 3.12. The molecule has 1 atom stereocenters. The molecule has 0 bridgehead atoms. The van der Waals surface area contributed by atoms with Gasteiger partial charge in [-0.3, -0.25) is 14.5 Å². The van der Waals surface area contributed by atoms with Crippen LogP contribution >= 0.6 is 0 Å². The first kappa shape index (κ1) is 14.9. The molecular formula is C12H18N6O3. The average molecular weight is 294 g/mol. The number of imide groups is 1. The molecule has 9 nitrogen and oxygen atoms in total. The van der Waals surface area contributed by atoms with Gasteiger partial charge in [0.15, 0.2) is 0 Å². The zero-order chi connectivity index (χ0) is 15.4. The van der Waals surface area contributed by atoms with Gasteiger partial charge in [0.1, 0.15) is 6.04 Å². The predicted molar refractivity (Wildman–Crippen MR) is 75.0 cm³/mol. The van der Waals surface area contributed by atoms with E-state index in [0.717, 1.165) is 11.3 Å². The Morgan fingerprint density at radius 2 is 2.00 bits per heavy atom. The zero-order valence-corrected chi connectivity index (χ0v) is 12.2. The summed E-state index contributed by atoms with van der Waals surface area (Å²) in [6.45, 7) is 2.45. The lowest BCUT2D eigenvalue weighted by Crippen LogP contribution is -2.32. The minimum absolute atomic E-state index is 0.0844. The van der Waals surface area contributed by atoms with Gasteiger partial charge >= 0.3 is 6.01 Å². The van der Waals surface area contributed by atoms with Crippen LogP contribution in [0, 0.1) is 0 Å². The number of anilines is 2. The first-order valence-electron chi connectivity index (χ1n) is 6.68. The van der Waals surface area contributed by atoms with Gasteiger partial charge in [-0.25, -0.2) is 0 Å². The number of rotatable bonds is 6. The number of ether oxygens (including phenoxy) is 1. The van der Waals surface area contributed by atoms with Crippen molar-refractivity contribution < 1.29 is 14.3 Å². The van der Waals surface area contributed by atoms with Crippen molar-refractivity contribution in [1.82, 2.24) is 19.9 Å². The van der Waals surface area contributed by atoms with Crippen LogP contribution in [-0.2, 0) is 9.59 Å². The van der Waals surface area contributed by atoms with Crippen LogP contribution in [0.25, 0.3) is 0 Å². The molecule has 0 aromatic carbocycles. The Balaban J connectivity index is 2.15. The highest BCUT2D eigenvalue weighted by Crippen LogP contribution is 2.17. The van der Waals surface area contributed by atoms with Gasteiger partial charge in [0.25, 0.3) is 5.91 Å². The Kier molecular flexibility index (Phi) is 4.51. The van der Waals surface area contributed by atoms with E-state index in [2.05, 4.69) is 25.6 Å². The molecule has 0 spiro atoms. The third kappa shape index (κ3) is 3.36. The maximum Gasteiger partial charge on any atom is 0.323 e. The third-order valence-corrected chi connectivity index (χ3v) is 2.96. The van der Waals surface area contributed by atoms with Crippen LogP contribution in [-0.4, -0.2) is 58.4 Å². The lowest BCUT2D eigenvalue weighted by molar-refractivity contribution is -0.136. The Morgan fingerprint density at radius 1 is 1.29 bits per heavy atom. The summed E-state index contributed by atoms with van der Waals surface area (Å²) in [5.41, 5.74) is 0. The minimum atomic E-state index is -0.659. The van der Waals surface area contributed by atoms with Crippen molar-refractivity contribution in [3.63, 3.8) is 0 Å². The number of hydrogen-bond acceptors (Lipinski definition) is 8. The third-order valence-electron chi connectivity index (χ3n) is 2.96. The summed E-state index contributed by atoms with van der Waals surface area (Å²) in [6.07, 6.45) is 0.908. The monoisotopic (exact) mass is 294 g/mol. The summed E-state index contributed by atoms with van der Waals surface area (Å²) in [6, 6.07) is -0.488. The minimum Gasteiger partial charge on any atom is -0.463 e. The van der Waals surface area contributed by atoms with Crippen LogP contribution in [0.15, 0.2) is 0 Å². The van der Waals surface area contributed by atoms with E-state index in [1.54, 1.807) is 7.05 Å². The summed E-state index contributed by atoms with van der Waals surface area (Å²) in [5, 5.41) is 5.64. The molecule has 1 aromatic heterocycles. The fourth-order valence-corrected chi connectivity index (χ4v) is 1.81. The molecule has 2 amide bonds. The molecular weight excluding hydrogens is 276 g/mol. The fraction of sp³-hybridized carbons (Fsp3) is 0.583. The van der Waals surface area contributed by atoms with E-state index < -0.39 is 6.04 Å². The lowest BCUT2D eigenvalue weighted by atomic mass is 10.2. The molecule has 1 saturated heterocycles. The summed E-state index contributed by atoms with van der Waals surface area (Å²) >= 11 is 0. The van der Waals surface area contributed by atoms with Crippen molar-refractivity contribution >= 4 is 23.7 Å². The second-order valence-corrected chi connectivity index (χ2v) is 4.56. The molecule has 0 radical (unpaired) electrons. The number of nitrogens with one attached hydrogen (secondary N) is 2. The molecule has 2 rings (SSSR count). The SMILES string of the molecule is CCCOc1nc(NC)nc(NC2CC(=O)N(C)C2=O)n1. The van der Waals surface area contributed by atoms with Crippen LogP contribution in [0.2, 0.25) is 0 Å². The number of nitrogens with zero attached hydrogens (tertiary/aromatic N) is 4. The number of amides is 2. The number of hydrogen-bond donors (Lipinski definition) is 2. The standard InChI is InChI=1S/C12H18N6O3/c1-4-5-21-12-16-10(13-2)15-11(17-12)14-7-6-8(19)18(3)9(7)20/h7H,4-6H2,1-3H3,(H2,13,14,15,16,17). The van der Waals surface area contributed by atoms with E-state index in [1.807, 2.05) is 6.92 Å². The molecule has 114 valence electrons. The van der Waals surface area contributed by atoms with Gasteiger partial charge in [0.2, 0.25) is 17.8 Å². The van der Waals surface area contributed by atoms with Crippen molar-refractivity contribution in [2.24, 2.45) is 0 Å². The molecule has 1 fully saturated rings. The Bertz CT molecular complexity index is 550. The first-order chi connectivity index (χ1) is 10.0. The van der Waals surface area contributed by atoms with E-state index in [-0.39, 0.29) is 30.2 Å². The largest absolute Gasteiger partial charge is 0.463 e.